The molecule has 0 bridgehead atoms. The van der Waals surface area contributed by atoms with Crippen LogP contribution in [0.5, 0.6) is 0 Å². The van der Waals surface area contributed by atoms with Crippen LogP contribution in [-0.2, 0) is 19.1 Å². The Hall–Kier alpha value is -4.22. The number of carbonyl (C=O) groups is 2. The molecule has 5 heteroatoms. The smallest absolute Gasteiger partial charge is 0.306 e. The van der Waals surface area contributed by atoms with E-state index in [1.54, 1.807) is 0 Å². The molecule has 5 nitrogen and oxygen atoms in total. The summed E-state index contributed by atoms with van der Waals surface area (Å²) in [6.07, 6.45) is 110. The van der Waals surface area contributed by atoms with Gasteiger partial charge in [0.2, 0.25) is 0 Å². The van der Waals surface area contributed by atoms with Crippen molar-refractivity contribution in [3.05, 3.63) is 146 Å². The van der Waals surface area contributed by atoms with E-state index in [-0.39, 0.29) is 25.2 Å². The van der Waals surface area contributed by atoms with Crippen LogP contribution >= 0.6 is 0 Å². The summed E-state index contributed by atoms with van der Waals surface area (Å²) in [4.78, 5) is 24.6. The largest absolute Gasteiger partial charge is 0.462 e. The lowest BCUT2D eigenvalue weighted by Crippen LogP contribution is -2.28. The van der Waals surface area contributed by atoms with Gasteiger partial charge in [-0.1, -0.05) is 333 Å². The van der Waals surface area contributed by atoms with E-state index in [2.05, 4.69) is 160 Å². The van der Waals surface area contributed by atoms with Crippen LogP contribution in [0.3, 0.4) is 0 Å². The first kappa shape index (κ1) is 79.8. The molecule has 0 aromatic carbocycles. The Morgan fingerprint density at radius 1 is 0.286 bits per heavy atom. The molecule has 0 rings (SSSR count). The highest BCUT2D eigenvalue weighted by Crippen LogP contribution is 2.17. The van der Waals surface area contributed by atoms with Crippen molar-refractivity contribution in [2.24, 2.45) is 0 Å². The second-order valence-electron chi connectivity index (χ2n) is 23.2. The molecule has 0 aliphatic heterocycles. The van der Waals surface area contributed by atoms with E-state index in [1.165, 1.54) is 180 Å². The van der Waals surface area contributed by atoms with Gasteiger partial charge in [-0.15, -0.1) is 0 Å². The normalized spacial score (nSPS) is 13.1. The quantitative estimate of drug-likeness (QED) is 0.0373. The average molecular weight is 1160 g/mol. The summed E-state index contributed by atoms with van der Waals surface area (Å²) in [5, 5.41) is 9.70. The summed E-state index contributed by atoms with van der Waals surface area (Å²) >= 11 is 0. The molecule has 0 aliphatic carbocycles. The standard InChI is InChI=1S/C79H132O5/c1-3-5-7-9-11-13-15-17-19-21-23-25-27-29-31-33-35-37-38-39-40-42-44-46-48-50-52-54-56-58-60-62-64-66-68-70-72-74-79(82)84-77(75-80)76-83-78(81)73-71-69-67-65-63-61-59-57-55-53-51-49-47-45-43-41-36-34-32-30-28-26-24-22-20-18-16-14-12-10-8-6-4-2/h5,7,11,13,17,19,22-25,29,31,35,37,39-40,44,46,50,52,56,58,62,64,77,80H,3-4,6,8-10,12,14-16,18,20-21,26-28,30,32-34,36,38,41-43,45,47-49,51,53-55,57,59-61,63,65-76H2,1-2H3/b7-5-,13-11-,19-17-,24-22-,25-23-,31-29-,37-35-,40-39-,46-44-,52-50-,58-56-,64-62-. The Morgan fingerprint density at radius 2 is 0.512 bits per heavy atom. The van der Waals surface area contributed by atoms with Crippen LogP contribution in [0.4, 0.5) is 0 Å². The molecule has 84 heavy (non-hydrogen) atoms. The fourth-order valence-corrected chi connectivity index (χ4v) is 9.85. The third-order valence-electron chi connectivity index (χ3n) is 15.1. The third-order valence-corrected chi connectivity index (χ3v) is 15.1. The van der Waals surface area contributed by atoms with E-state index < -0.39 is 6.10 Å². The Morgan fingerprint density at radius 3 is 0.798 bits per heavy atom. The Kier molecular flexibility index (Phi) is 69.4. The van der Waals surface area contributed by atoms with E-state index in [0.717, 1.165) is 116 Å². The van der Waals surface area contributed by atoms with Gasteiger partial charge in [0, 0.05) is 12.8 Å². The monoisotopic (exact) mass is 1160 g/mol. The minimum Gasteiger partial charge on any atom is -0.462 e. The number of hydrogen-bond acceptors (Lipinski definition) is 5. The molecule has 0 aromatic heterocycles. The van der Waals surface area contributed by atoms with Crippen molar-refractivity contribution in [1.82, 2.24) is 0 Å². The zero-order valence-electron chi connectivity index (χ0n) is 54.9. The number of aliphatic hydroxyl groups is 1. The number of aliphatic hydroxyl groups excluding tert-OH is 1. The fourth-order valence-electron chi connectivity index (χ4n) is 9.85. The van der Waals surface area contributed by atoms with E-state index in [0.29, 0.717) is 12.8 Å². The van der Waals surface area contributed by atoms with Crippen molar-refractivity contribution >= 4 is 11.9 Å². The molecule has 0 spiro atoms. The SMILES string of the molecule is CC/C=C\C/C=C\C/C=C\C/C=C\C/C=C\C/C=C\C/C=C\C/C=C\C/C=C\C/C=C\C/C=C\CCCCCC(=O)OC(CO)COC(=O)CCCCCCCCCCCCCCCCCCCCCCC/C=C\CCCCCCCCCC. The molecule has 1 N–H and O–H groups in total. The van der Waals surface area contributed by atoms with Crippen molar-refractivity contribution in [2.75, 3.05) is 13.2 Å². The number of esters is 2. The molecule has 1 atom stereocenters. The Balaban J connectivity index is 3.57. The minimum atomic E-state index is -0.801. The number of ether oxygens (including phenoxy) is 2. The molecule has 0 amide bonds. The second kappa shape index (κ2) is 73.0. The first-order valence-electron chi connectivity index (χ1n) is 35.4. The summed E-state index contributed by atoms with van der Waals surface area (Å²) in [7, 11) is 0. The minimum absolute atomic E-state index is 0.0853. The van der Waals surface area contributed by atoms with Crippen molar-refractivity contribution in [3.63, 3.8) is 0 Å². The second-order valence-corrected chi connectivity index (χ2v) is 23.2. The van der Waals surface area contributed by atoms with Gasteiger partial charge in [-0.2, -0.15) is 0 Å². The van der Waals surface area contributed by atoms with Gasteiger partial charge in [-0.05, 0) is 122 Å². The Bertz CT molecular complexity index is 1750. The van der Waals surface area contributed by atoms with Gasteiger partial charge in [0.15, 0.2) is 6.10 Å². The molecular weight excluding hydrogens is 1030 g/mol. The van der Waals surface area contributed by atoms with Gasteiger partial charge in [0.25, 0.3) is 0 Å². The van der Waals surface area contributed by atoms with Crippen LogP contribution in [0.15, 0.2) is 146 Å². The number of rotatable bonds is 64. The third kappa shape index (κ3) is 70.3. The molecular formula is C79H132O5. The summed E-state index contributed by atoms with van der Waals surface area (Å²) in [5.74, 6) is -0.627. The van der Waals surface area contributed by atoms with E-state index in [4.69, 9.17) is 9.47 Å². The summed E-state index contributed by atoms with van der Waals surface area (Å²) in [5.41, 5.74) is 0. The van der Waals surface area contributed by atoms with Gasteiger partial charge in [-0.3, -0.25) is 9.59 Å². The molecule has 0 aromatic rings. The van der Waals surface area contributed by atoms with Crippen molar-refractivity contribution in [2.45, 2.75) is 328 Å². The summed E-state index contributed by atoms with van der Waals surface area (Å²) in [6, 6.07) is 0. The lowest BCUT2D eigenvalue weighted by Gasteiger charge is -2.15. The molecule has 0 saturated carbocycles. The maximum Gasteiger partial charge on any atom is 0.306 e. The Labute approximate surface area is 520 Å². The molecule has 0 heterocycles. The number of hydrogen-bond donors (Lipinski definition) is 1. The van der Waals surface area contributed by atoms with Crippen LogP contribution < -0.4 is 0 Å². The molecule has 0 saturated heterocycles. The van der Waals surface area contributed by atoms with Crippen LogP contribution in [0.1, 0.15) is 322 Å². The zero-order valence-corrected chi connectivity index (χ0v) is 54.9. The predicted molar refractivity (Wildman–Crippen MR) is 371 cm³/mol. The maximum atomic E-state index is 12.4. The highest BCUT2D eigenvalue weighted by Gasteiger charge is 2.16. The van der Waals surface area contributed by atoms with Crippen molar-refractivity contribution in [1.29, 1.82) is 0 Å². The maximum absolute atomic E-state index is 12.4. The van der Waals surface area contributed by atoms with Gasteiger partial charge in [0.1, 0.15) is 6.61 Å². The van der Waals surface area contributed by atoms with Gasteiger partial charge in [-0.25, -0.2) is 0 Å². The van der Waals surface area contributed by atoms with E-state index in [9.17, 15) is 14.7 Å². The van der Waals surface area contributed by atoms with Crippen molar-refractivity contribution < 1.29 is 24.2 Å². The summed E-state index contributed by atoms with van der Waals surface area (Å²) < 4.78 is 10.7. The van der Waals surface area contributed by atoms with Crippen molar-refractivity contribution in [3.8, 4) is 0 Å². The van der Waals surface area contributed by atoms with Gasteiger partial charge >= 0.3 is 11.9 Å². The van der Waals surface area contributed by atoms with Gasteiger partial charge < -0.3 is 14.6 Å². The predicted octanol–water partition coefficient (Wildman–Crippen LogP) is 24.9. The van der Waals surface area contributed by atoms with E-state index in [1.807, 2.05) is 0 Å². The number of allylic oxidation sites excluding steroid dienone is 24. The lowest BCUT2D eigenvalue weighted by molar-refractivity contribution is -0.161. The number of carbonyl (C=O) groups excluding carboxylic acids is 2. The molecule has 0 radical (unpaired) electrons. The number of unbranched alkanes of at least 4 members (excludes halogenated alkanes) is 32. The molecule has 478 valence electrons. The highest BCUT2D eigenvalue weighted by molar-refractivity contribution is 5.70. The van der Waals surface area contributed by atoms with Crippen LogP contribution in [0, 0.1) is 0 Å². The van der Waals surface area contributed by atoms with E-state index >= 15 is 0 Å². The molecule has 1 unspecified atom stereocenters. The first-order chi connectivity index (χ1) is 41.6. The molecule has 0 fully saturated rings. The van der Waals surface area contributed by atoms with Crippen LogP contribution in [0.2, 0.25) is 0 Å². The topological polar surface area (TPSA) is 72.8 Å². The summed E-state index contributed by atoms with van der Waals surface area (Å²) in [6.45, 7) is 4.02. The first-order valence-corrected chi connectivity index (χ1v) is 35.4. The highest BCUT2D eigenvalue weighted by atomic mass is 16.6. The average Bonchev–Trinajstić information content (AvgIpc) is 3.51. The zero-order chi connectivity index (χ0) is 60.5. The van der Waals surface area contributed by atoms with Crippen LogP contribution in [0.25, 0.3) is 0 Å². The van der Waals surface area contributed by atoms with Crippen LogP contribution in [-0.4, -0.2) is 36.4 Å². The lowest BCUT2D eigenvalue weighted by atomic mass is 10.0. The fraction of sp³-hybridized carbons (Fsp3) is 0.671. The van der Waals surface area contributed by atoms with Gasteiger partial charge in [0.05, 0.1) is 6.61 Å². The molecule has 0 aliphatic rings.